The molecule has 0 atom stereocenters. The van der Waals surface area contributed by atoms with Gasteiger partial charge in [0.15, 0.2) is 5.69 Å². The molecule has 45 heavy (non-hydrogen) atoms. The number of carbonyl (C=O) groups is 2. The van der Waals surface area contributed by atoms with E-state index in [-0.39, 0.29) is 17.3 Å². The highest BCUT2D eigenvalue weighted by molar-refractivity contribution is 7.16. The Bertz CT molecular complexity index is 1770. The van der Waals surface area contributed by atoms with E-state index < -0.39 is 23.7 Å². The smallest absolute Gasteiger partial charge is 0.416 e. The van der Waals surface area contributed by atoms with Crippen LogP contribution in [0.1, 0.15) is 51.3 Å². The molecule has 2 amide bonds. The zero-order valence-corrected chi connectivity index (χ0v) is 26.1. The third-order valence-electron chi connectivity index (χ3n) is 6.93. The molecule has 3 heterocycles. The number of amides is 2. The minimum atomic E-state index is -4.44. The van der Waals surface area contributed by atoms with Crippen molar-refractivity contribution in [1.29, 1.82) is 0 Å². The molecule has 234 valence electrons. The lowest BCUT2D eigenvalue weighted by atomic mass is 10.1. The first-order chi connectivity index (χ1) is 21.5. The number of alkyl halides is 3. The molecular formula is C31H26Cl2F3N5O3S. The third-order valence-corrected chi connectivity index (χ3v) is 8.47. The second-order valence-corrected chi connectivity index (χ2v) is 11.9. The lowest BCUT2D eigenvalue weighted by Crippen LogP contribution is -2.45. The van der Waals surface area contributed by atoms with Crippen molar-refractivity contribution in [3.63, 3.8) is 0 Å². The van der Waals surface area contributed by atoms with Crippen molar-refractivity contribution in [2.24, 2.45) is 0 Å². The fourth-order valence-corrected chi connectivity index (χ4v) is 6.13. The van der Waals surface area contributed by atoms with Crippen LogP contribution < -0.4 is 10.7 Å². The number of thiophene rings is 1. The summed E-state index contributed by atoms with van der Waals surface area (Å²) in [6.45, 7) is 1.30. The Kier molecular flexibility index (Phi) is 10.0. The molecule has 1 saturated heterocycles. The number of benzene rings is 2. The number of hydrogen-bond acceptors (Lipinski definition) is 6. The molecule has 2 aromatic carbocycles. The fraction of sp³-hybridized carbons (Fsp3) is 0.258. The highest BCUT2D eigenvalue weighted by atomic mass is 35.5. The molecule has 2 aromatic heterocycles. The number of nitrogens with one attached hydrogen (secondary N) is 2. The minimum absolute atomic E-state index is 0.0729. The molecule has 1 aliphatic heterocycles. The van der Waals surface area contributed by atoms with Gasteiger partial charge in [-0.2, -0.15) is 18.3 Å². The fourth-order valence-electron chi connectivity index (χ4n) is 4.72. The molecule has 0 radical (unpaired) electrons. The van der Waals surface area contributed by atoms with E-state index in [9.17, 15) is 22.8 Å². The summed E-state index contributed by atoms with van der Waals surface area (Å²) in [6, 6.07) is 13.0. The van der Waals surface area contributed by atoms with E-state index in [1.165, 1.54) is 35.3 Å². The molecular weight excluding hydrogens is 650 g/mol. The number of halogens is 5. The predicted molar refractivity (Wildman–Crippen MR) is 166 cm³/mol. The maximum atomic E-state index is 13.6. The molecule has 4 aromatic rings. The van der Waals surface area contributed by atoms with Crippen molar-refractivity contribution in [3.8, 4) is 28.1 Å². The van der Waals surface area contributed by atoms with Crippen LogP contribution in [0.15, 0.2) is 54.6 Å². The van der Waals surface area contributed by atoms with Gasteiger partial charge in [0, 0.05) is 29.2 Å². The van der Waals surface area contributed by atoms with Crippen LogP contribution in [0.4, 0.5) is 18.0 Å². The van der Waals surface area contributed by atoms with Crippen molar-refractivity contribution in [2.75, 3.05) is 20.2 Å². The van der Waals surface area contributed by atoms with E-state index in [0.717, 1.165) is 31.4 Å². The van der Waals surface area contributed by atoms with Gasteiger partial charge in [0.2, 0.25) is 0 Å². The molecule has 1 fully saturated rings. The van der Waals surface area contributed by atoms with E-state index in [1.54, 1.807) is 30.3 Å². The van der Waals surface area contributed by atoms with Crippen LogP contribution in [0.5, 0.6) is 0 Å². The van der Waals surface area contributed by atoms with Crippen molar-refractivity contribution in [1.82, 2.24) is 25.5 Å². The van der Waals surface area contributed by atoms with E-state index in [0.29, 0.717) is 50.4 Å². The Hall–Kier alpha value is -4.02. The van der Waals surface area contributed by atoms with Gasteiger partial charge in [-0.15, -0.1) is 11.3 Å². The predicted octanol–water partition coefficient (Wildman–Crippen LogP) is 7.31. The first-order valence-electron chi connectivity index (χ1n) is 13.8. The lowest BCUT2D eigenvalue weighted by molar-refractivity contribution is -0.137. The molecule has 8 nitrogen and oxygen atoms in total. The minimum Gasteiger partial charge on any atom is -0.453 e. The lowest BCUT2D eigenvalue weighted by Gasteiger charge is -2.26. The Morgan fingerprint density at radius 2 is 1.76 bits per heavy atom. The molecule has 14 heteroatoms. The molecule has 1 aliphatic rings. The van der Waals surface area contributed by atoms with Crippen molar-refractivity contribution < 1.29 is 27.5 Å². The van der Waals surface area contributed by atoms with Gasteiger partial charge < -0.3 is 10.1 Å². The summed E-state index contributed by atoms with van der Waals surface area (Å²) in [5.74, 6) is 5.42. The van der Waals surface area contributed by atoms with Crippen LogP contribution >= 0.6 is 34.5 Å². The van der Waals surface area contributed by atoms with Gasteiger partial charge in [0.1, 0.15) is 0 Å². The van der Waals surface area contributed by atoms with Crippen LogP contribution in [0.25, 0.3) is 16.3 Å². The van der Waals surface area contributed by atoms with Crippen molar-refractivity contribution in [2.45, 2.75) is 32.0 Å². The van der Waals surface area contributed by atoms with Gasteiger partial charge in [-0.3, -0.25) is 10.2 Å². The molecule has 0 aliphatic carbocycles. The number of ether oxygens (including phenoxy) is 1. The molecule has 0 unspecified atom stereocenters. The molecule has 0 saturated carbocycles. The number of hydrazine groups is 1. The zero-order valence-electron chi connectivity index (χ0n) is 23.8. The van der Waals surface area contributed by atoms with Gasteiger partial charge in [0.05, 0.1) is 45.4 Å². The highest BCUT2D eigenvalue weighted by Gasteiger charge is 2.30. The number of carbonyl (C=O) groups excluding carboxylic acids is 2. The number of methoxy groups -OCH3 is 1. The summed E-state index contributed by atoms with van der Waals surface area (Å²) in [4.78, 5) is 27.0. The topological polar surface area (TPSA) is 88.5 Å². The summed E-state index contributed by atoms with van der Waals surface area (Å²) in [7, 11) is 1.23. The molecule has 0 spiro atoms. The number of alkyl carbamates (subject to hydrolysis) is 1. The van der Waals surface area contributed by atoms with Crippen LogP contribution in [-0.4, -0.2) is 47.0 Å². The second kappa shape index (κ2) is 14.0. The number of rotatable bonds is 6. The Morgan fingerprint density at radius 3 is 2.42 bits per heavy atom. The number of aromatic nitrogens is 2. The zero-order chi connectivity index (χ0) is 32.1. The van der Waals surface area contributed by atoms with Crippen LogP contribution in [-0.2, 0) is 17.5 Å². The van der Waals surface area contributed by atoms with E-state index >= 15 is 0 Å². The average Bonchev–Trinajstić information content (AvgIpc) is 3.63. The average molecular weight is 677 g/mol. The normalized spacial score (nSPS) is 13.6. The molecule has 2 N–H and O–H groups in total. The first-order valence-corrected chi connectivity index (χ1v) is 15.4. The van der Waals surface area contributed by atoms with Crippen molar-refractivity contribution in [3.05, 3.63) is 91.9 Å². The standard InChI is InChI=1S/C31H26Cl2F3N5O3S/c1-44-30(43)37-18-23-27(29(42)39-40-15-3-2-4-16-40)38-41(25-13-10-21(32)17-24(25)33)28(23)26-14-12-22(45-26)11-7-19-5-8-20(9-6-19)31(34,35)36/h5-6,8-10,12-14,17H,2-4,15-16,18H2,1H3,(H,37,43)(H,39,42). The van der Waals surface area contributed by atoms with Gasteiger partial charge >= 0.3 is 12.3 Å². The summed E-state index contributed by atoms with van der Waals surface area (Å²) in [5, 5.41) is 9.86. The van der Waals surface area contributed by atoms with Gasteiger partial charge in [-0.1, -0.05) is 41.5 Å². The summed E-state index contributed by atoms with van der Waals surface area (Å²) in [6.07, 6.45) is -2.16. The van der Waals surface area contributed by atoms with Crippen LogP contribution in [0.3, 0.4) is 0 Å². The van der Waals surface area contributed by atoms with E-state index in [2.05, 4.69) is 27.7 Å². The Balaban J connectivity index is 1.58. The van der Waals surface area contributed by atoms with E-state index in [1.807, 2.05) is 5.01 Å². The van der Waals surface area contributed by atoms with Crippen LogP contribution in [0, 0.1) is 11.8 Å². The summed E-state index contributed by atoms with van der Waals surface area (Å²) in [5.41, 5.74) is 3.99. The van der Waals surface area contributed by atoms with Crippen molar-refractivity contribution >= 4 is 46.5 Å². The monoisotopic (exact) mass is 675 g/mol. The highest BCUT2D eigenvalue weighted by Crippen LogP contribution is 2.37. The molecule has 0 bridgehead atoms. The SMILES string of the molecule is COC(=O)NCc1c(C(=O)NN2CCCCC2)nn(-c2ccc(Cl)cc2Cl)c1-c1ccc(C#Cc2ccc(C(F)(F)F)cc2)s1. The third kappa shape index (κ3) is 7.80. The second-order valence-electron chi connectivity index (χ2n) is 10.0. The largest absolute Gasteiger partial charge is 0.453 e. The van der Waals surface area contributed by atoms with Crippen LogP contribution in [0.2, 0.25) is 10.0 Å². The number of piperidine rings is 1. The summed E-state index contributed by atoms with van der Waals surface area (Å²) < 4.78 is 45.1. The summed E-state index contributed by atoms with van der Waals surface area (Å²) >= 11 is 14.0. The van der Waals surface area contributed by atoms with E-state index in [4.69, 9.17) is 27.9 Å². The Morgan fingerprint density at radius 1 is 1.02 bits per heavy atom. The van der Waals surface area contributed by atoms with Gasteiger partial charge in [-0.05, 0) is 67.4 Å². The number of hydrogen-bond donors (Lipinski definition) is 2. The van der Waals surface area contributed by atoms with Gasteiger partial charge in [-0.25, -0.2) is 14.5 Å². The maximum Gasteiger partial charge on any atom is 0.416 e. The first kappa shape index (κ1) is 32.4. The quantitative estimate of drug-likeness (QED) is 0.209. The number of nitrogens with zero attached hydrogens (tertiary/aromatic N) is 3. The van der Waals surface area contributed by atoms with Gasteiger partial charge in [0.25, 0.3) is 5.91 Å². The Labute approximate surface area is 271 Å². The maximum absolute atomic E-state index is 13.6. The molecule has 5 rings (SSSR count).